The third kappa shape index (κ3) is 5.14. The van der Waals surface area contributed by atoms with Gasteiger partial charge in [0.15, 0.2) is 5.13 Å². The maximum atomic E-state index is 13.1. The van der Waals surface area contributed by atoms with Crippen LogP contribution in [0.3, 0.4) is 0 Å². The van der Waals surface area contributed by atoms with Gasteiger partial charge in [-0.3, -0.25) is 10.1 Å². The van der Waals surface area contributed by atoms with Crippen molar-refractivity contribution >= 4 is 34.1 Å². The number of hydrogen-bond acceptors (Lipinski definition) is 6. The van der Waals surface area contributed by atoms with Gasteiger partial charge in [0.1, 0.15) is 11.6 Å². The predicted molar refractivity (Wildman–Crippen MR) is 117 cm³/mol. The van der Waals surface area contributed by atoms with Crippen LogP contribution in [-0.2, 0) is 12.2 Å². The Balaban J connectivity index is 1.41. The number of amides is 1. The molecule has 0 atom stereocenters. The van der Waals surface area contributed by atoms with E-state index in [1.165, 1.54) is 35.2 Å². The molecular weight excluding hydrogens is 421 g/mol. The van der Waals surface area contributed by atoms with E-state index in [-0.39, 0.29) is 11.7 Å². The summed E-state index contributed by atoms with van der Waals surface area (Å²) in [5, 5.41) is 7.29. The van der Waals surface area contributed by atoms with E-state index in [9.17, 15) is 9.18 Å². The third-order valence-corrected chi connectivity index (χ3v) is 6.25. The van der Waals surface area contributed by atoms with Crippen LogP contribution in [0.1, 0.15) is 32.3 Å². The van der Waals surface area contributed by atoms with Gasteiger partial charge in [-0.2, -0.15) is 0 Å². The van der Waals surface area contributed by atoms with Gasteiger partial charge in [0.25, 0.3) is 5.91 Å². The van der Waals surface area contributed by atoms with Crippen molar-refractivity contribution in [2.45, 2.75) is 24.0 Å². The van der Waals surface area contributed by atoms with Crippen LogP contribution in [0, 0.1) is 12.7 Å². The Morgan fingerprint density at radius 2 is 2.00 bits per heavy atom. The minimum atomic E-state index is -0.258. The summed E-state index contributed by atoms with van der Waals surface area (Å²) in [7, 11) is 0. The van der Waals surface area contributed by atoms with Crippen molar-refractivity contribution in [3.63, 3.8) is 0 Å². The van der Waals surface area contributed by atoms with E-state index >= 15 is 0 Å². The first-order valence-corrected chi connectivity index (χ1v) is 11.0. The first-order chi connectivity index (χ1) is 14.6. The highest BCUT2D eigenvalue weighted by Gasteiger charge is 2.14. The van der Waals surface area contributed by atoms with Crippen LogP contribution in [0.2, 0.25) is 0 Å². The SMILES string of the molecule is Cc1cc(CSc2ccccc2C(=O)Nc2ncc(Cc3ccc(F)cc3)s2)on1. The Hall–Kier alpha value is -2.97. The molecule has 0 saturated heterocycles. The quantitative estimate of drug-likeness (QED) is 0.373. The summed E-state index contributed by atoms with van der Waals surface area (Å²) < 4.78 is 18.3. The Kier molecular flexibility index (Phi) is 6.25. The van der Waals surface area contributed by atoms with E-state index < -0.39 is 0 Å². The van der Waals surface area contributed by atoms with Gasteiger partial charge < -0.3 is 4.52 Å². The van der Waals surface area contributed by atoms with E-state index in [1.54, 1.807) is 24.4 Å². The van der Waals surface area contributed by atoms with Gasteiger partial charge in [-0.05, 0) is 36.8 Å². The molecule has 0 fully saturated rings. The molecule has 1 N–H and O–H groups in total. The number of benzene rings is 2. The minimum absolute atomic E-state index is 0.213. The van der Waals surface area contributed by atoms with Crippen LogP contribution < -0.4 is 5.32 Å². The van der Waals surface area contributed by atoms with Crippen molar-refractivity contribution in [1.82, 2.24) is 10.1 Å². The molecule has 8 heteroatoms. The van der Waals surface area contributed by atoms with Gasteiger partial charge in [0.05, 0.1) is 17.0 Å². The van der Waals surface area contributed by atoms with E-state index in [2.05, 4.69) is 15.5 Å². The summed E-state index contributed by atoms with van der Waals surface area (Å²) in [4.78, 5) is 19.0. The second kappa shape index (κ2) is 9.23. The summed E-state index contributed by atoms with van der Waals surface area (Å²) in [6.45, 7) is 1.87. The van der Waals surface area contributed by atoms with Crippen molar-refractivity contribution in [1.29, 1.82) is 0 Å². The summed E-state index contributed by atoms with van der Waals surface area (Å²) in [5.41, 5.74) is 2.40. The summed E-state index contributed by atoms with van der Waals surface area (Å²) in [5.74, 6) is 0.878. The fraction of sp³-hybridized carbons (Fsp3) is 0.136. The number of carbonyl (C=O) groups is 1. The zero-order valence-corrected chi connectivity index (χ0v) is 17.7. The lowest BCUT2D eigenvalue weighted by Gasteiger charge is -2.07. The van der Waals surface area contributed by atoms with Crippen LogP contribution >= 0.6 is 23.1 Å². The molecule has 4 rings (SSSR count). The minimum Gasteiger partial charge on any atom is -0.360 e. The zero-order chi connectivity index (χ0) is 20.9. The molecule has 0 bridgehead atoms. The maximum absolute atomic E-state index is 13.1. The number of carbonyl (C=O) groups excluding carboxylic acids is 1. The maximum Gasteiger partial charge on any atom is 0.258 e. The number of nitrogens with zero attached hydrogens (tertiary/aromatic N) is 2. The van der Waals surface area contributed by atoms with Gasteiger partial charge in [-0.15, -0.1) is 23.1 Å². The van der Waals surface area contributed by atoms with Crippen LogP contribution in [-0.4, -0.2) is 16.0 Å². The largest absolute Gasteiger partial charge is 0.360 e. The van der Waals surface area contributed by atoms with Crippen LogP contribution in [0.5, 0.6) is 0 Å². The second-order valence-electron chi connectivity index (χ2n) is 6.61. The monoisotopic (exact) mass is 439 g/mol. The molecule has 2 aromatic carbocycles. The average Bonchev–Trinajstić information content (AvgIpc) is 3.37. The highest BCUT2D eigenvalue weighted by molar-refractivity contribution is 7.98. The highest BCUT2D eigenvalue weighted by atomic mass is 32.2. The van der Waals surface area contributed by atoms with Gasteiger partial charge in [-0.1, -0.05) is 29.4 Å². The topological polar surface area (TPSA) is 68.0 Å². The van der Waals surface area contributed by atoms with E-state index in [1.807, 2.05) is 31.2 Å². The molecule has 30 heavy (non-hydrogen) atoms. The molecule has 4 aromatic rings. The van der Waals surface area contributed by atoms with Crippen LogP contribution in [0.4, 0.5) is 9.52 Å². The number of aromatic nitrogens is 2. The lowest BCUT2D eigenvalue weighted by atomic mass is 10.1. The molecule has 0 saturated carbocycles. The molecule has 152 valence electrons. The van der Waals surface area contributed by atoms with E-state index in [0.29, 0.717) is 22.9 Å². The molecule has 0 aliphatic rings. The summed E-state index contributed by atoms with van der Waals surface area (Å²) in [6, 6.07) is 15.7. The summed E-state index contributed by atoms with van der Waals surface area (Å²) >= 11 is 2.93. The van der Waals surface area contributed by atoms with Gasteiger partial charge in [-0.25, -0.2) is 9.37 Å². The van der Waals surface area contributed by atoms with Crippen molar-refractivity contribution < 1.29 is 13.7 Å². The molecule has 0 aliphatic heterocycles. The molecule has 2 aromatic heterocycles. The Morgan fingerprint density at radius 1 is 1.20 bits per heavy atom. The van der Waals surface area contributed by atoms with Crippen molar-refractivity contribution in [3.8, 4) is 0 Å². The number of thioether (sulfide) groups is 1. The molecular formula is C22H18FN3O2S2. The second-order valence-corrected chi connectivity index (χ2v) is 8.74. The molecule has 2 heterocycles. The number of thiazole rings is 1. The first kappa shape index (κ1) is 20.3. The fourth-order valence-corrected chi connectivity index (χ4v) is 4.59. The molecule has 0 radical (unpaired) electrons. The lowest BCUT2D eigenvalue weighted by Crippen LogP contribution is -2.12. The number of aryl methyl sites for hydroxylation is 1. The van der Waals surface area contributed by atoms with Gasteiger partial charge in [0.2, 0.25) is 0 Å². The number of halogens is 1. The third-order valence-electron chi connectivity index (χ3n) is 4.24. The Bertz CT molecular complexity index is 1160. The average molecular weight is 440 g/mol. The Labute approximate surface area is 181 Å². The first-order valence-electron chi connectivity index (χ1n) is 9.21. The standard InChI is InChI=1S/C22H18FN3O2S2/c1-14-10-17(28-26-14)13-29-20-5-3-2-4-19(20)21(27)25-22-24-12-18(30-22)11-15-6-8-16(23)9-7-15/h2-10,12H,11,13H2,1H3,(H,24,25,27). The number of nitrogens with one attached hydrogen (secondary N) is 1. The normalized spacial score (nSPS) is 10.9. The molecule has 0 aliphatic carbocycles. The molecule has 0 spiro atoms. The van der Waals surface area contributed by atoms with Crippen molar-refractivity contribution in [3.05, 3.63) is 94.1 Å². The number of anilines is 1. The predicted octanol–water partition coefficient (Wildman–Crippen LogP) is 5.71. The summed E-state index contributed by atoms with van der Waals surface area (Å²) in [6.07, 6.45) is 2.37. The fourth-order valence-electron chi connectivity index (χ4n) is 2.83. The highest BCUT2D eigenvalue weighted by Crippen LogP contribution is 2.28. The molecule has 0 unspecified atom stereocenters. The Morgan fingerprint density at radius 3 is 2.77 bits per heavy atom. The van der Waals surface area contributed by atoms with Crippen LogP contribution in [0.25, 0.3) is 0 Å². The number of hydrogen-bond donors (Lipinski definition) is 1. The number of rotatable bonds is 7. The molecule has 1 amide bonds. The van der Waals surface area contributed by atoms with Crippen molar-refractivity contribution in [2.24, 2.45) is 0 Å². The lowest BCUT2D eigenvalue weighted by molar-refractivity contribution is 0.102. The smallest absolute Gasteiger partial charge is 0.258 e. The van der Waals surface area contributed by atoms with Crippen molar-refractivity contribution in [2.75, 3.05) is 5.32 Å². The van der Waals surface area contributed by atoms with E-state index in [4.69, 9.17) is 4.52 Å². The zero-order valence-electron chi connectivity index (χ0n) is 16.1. The van der Waals surface area contributed by atoms with Crippen LogP contribution in [0.15, 0.2) is 70.2 Å². The van der Waals surface area contributed by atoms with E-state index in [0.717, 1.165) is 26.8 Å². The van der Waals surface area contributed by atoms with Gasteiger partial charge in [0, 0.05) is 28.5 Å². The molecule has 5 nitrogen and oxygen atoms in total. The van der Waals surface area contributed by atoms with Gasteiger partial charge >= 0.3 is 0 Å².